The lowest BCUT2D eigenvalue weighted by Gasteiger charge is -2.40. The first kappa shape index (κ1) is 24.7. The summed E-state index contributed by atoms with van der Waals surface area (Å²) in [6.45, 7) is 3.88. The molecule has 1 N–H and O–H groups in total. The van der Waals surface area contributed by atoms with Crippen molar-refractivity contribution in [1.82, 2.24) is 24.8 Å². The molecule has 6 atom stereocenters. The highest BCUT2D eigenvalue weighted by Gasteiger charge is 2.75. The monoisotopic (exact) mass is 521 g/mol. The number of carbonyl (C=O) groups is 3. The fraction of sp³-hybridized carbons (Fsp3) is 0.519. The summed E-state index contributed by atoms with van der Waals surface area (Å²) in [4.78, 5) is 44.9. The standard InChI is InChI=1S/C27H31N5O6/c1-3-17(15-33)32-22-24(35)30(16-31-19-10-5-4-9-18(19)28-29-31)13-8-12-27(22)20(23(32)34)21-25(36)37-14-7-6-11-26(21,2)38-27/h4-6,8-12,17,20-22,33H,3,7,13-16H2,1-2H3/t17-,20-,21-,22?,26+,27-/m0/s1. The molecule has 1 aromatic heterocycles. The van der Waals surface area contributed by atoms with Gasteiger partial charge in [0.15, 0.2) is 0 Å². The molecule has 0 aliphatic carbocycles. The Morgan fingerprint density at radius 1 is 1.13 bits per heavy atom. The summed E-state index contributed by atoms with van der Waals surface area (Å²) in [7, 11) is 0. The molecule has 4 aliphatic heterocycles. The molecule has 0 radical (unpaired) electrons. The average Bonchev–Trinajstić information content (AvgIpc) is 3.46. The minimum atomic E-state index is -1.40. The molecule has 1 aromatic carbocycles. The first-order valence-corrected chi connectivity index (χ1v) is 13.1. The minimum absolute atomic E-state index is 0.113. The molecule has 2 saturated heterocycles. The van der Waals surface area contributed by atoms with E-state index < -0.39 is 41.1 Å². The van der Waals surface area contributed by atoms with Crippen LogP contribution in [0.3, 0.4) is 0 Å². The van der Waals surface area contributed by atoms with Crippen molar-refractivity contribution in [2.75, 3.05) is 19.8 Å². The van der Waals surface area contributed by atoms with E-state index in [0.717, 1.165) is 5.52 Å². The number of esters is 1. The van der Waals surface area contributed by atoms with Gasteiger partial charge in [0, 0.05) is 6.54 Å². The fourth-order valence-electron chi connectivity index (χ4n) is 6.59. The highest BCUT2D eigenvalue weighted by Crippen LogP contribution is 2.57. The van der Waals surface area contributed by atoms with Gasteiger partial charge in [-0.25, -0.2) is 4.68 Å². The van der Waals surface area contributed by atoms with E-state index in [2.05, 4.69) is 10.3 Å². The lowest BCUT2D eigenvalue weighted by Crippen LogP contribution is -2.58. The number of hydrogen-bond acceptors (Lipinski definition) is 8. The quantitative estimate of drug-likeness (QED) is 0.457. The van der Waals surface area contributed by atoms with Crippen molar-refractivity contribution in [1.29, 1.82) is 0 Å². The van der Waals surface area contributed by atoms with Crippen molar-refractivity contribution in [3.8, 4) is 0 Å². The second-order valence-corrected chi connectivity index (χ2v) is 10.5. The zero-order valence-electron chi connectivity index (χ0n) is 21.4. The number of likely N-dealkylation sites (tertiary alicyclic amines) is 1. The Labute approximate surface area is 219 Å². The number of benzene rings is 1. The first-order valence-electron chi connectivity index (χ1n) is 13.1. The van der Waals surface area contributed by atoms with Crippen molar-refractivity contribution >= 4 is 28.8 Å². The van der Waals surface area contributed by atoms with Gasteiger partial charge in [-0.1, -0.05) is 48.6 Å². The third-order valence-electron chi connectivity index (χ3n) is 8.34. The van der Waals surface area contributed by atoms with Crippen LogP contribution in [0.4, 0.5) is 0 Å². The number of aliphatic hydroxyl groups excluding tert-OH is 1. The zero-order chi connectivity index (χ0) is 26.7. The number of aliphatic hydroxyl groups is 1. The lowest BCUT2D eigenvalue weighted by molar-refractivity contribution is -0.162. The predicted molar refractivity (Wildman–Crippen MR) is 134 cm³/mol. The van der Waals surface area contributed by atoms with Gasteiger partial charge in [-0.05, 0) is 31.9 Å². The maximum atomic E-state index is 14.4. The molecule has 5 heterocycles. The molecule has 4 aliphatic rings. The van der Waals surface area contributed by atoms with Crippen LogP contribution in [0, 0.1) is 11.8 Å². The van der Waals surface area contributed by atoms with Gasteiger partial charge in [0.1, 0.15) is 29.7 Å². The molecular formula is C27H31N5O6. The van der Waals surface area contributed by atoms with Gasteiger partial charge in [0.2, 0.25) is 5.91 Å². The predicted octanol–water partition coefficient (Wildman–Crippen LogP) is 1.03. The van der Waals surface area contributed by atoms with Crippen LogP contribution < -0.4 is 0 Å². The Bertz CT molecular complexity index is 1350. The molecular weight excluding hydrogens is 490 g/mol. The Balaban J connectivity index is 1.45. The number of para-hydroxylation sites is 1. The van der Waals surface area contributed by atoms with E-state index in [1.165, 1.54) is 4.90 Å². The van der Waals surface area contributed by atoms with Crippen LogP contribution in [-0.4, -0.2) is 90.7 Å². The topological polar surface area (TPSA) is 127 Å². The van der Waals surface area contributed by atoms with E-state index >= 15 is 0 Å². The molecule has 1 spiro atoms. The van der Waals surface area contributed by atoms with Crippen molar-refractivity contribution in [3.05, 3.63) is 48.6 Å². The van der Waals surface area contributed by atoms with E-state index in [9.17, 15) is 19.5 Å². The molecule has 11 nitrogen and oxygen atoms in total. The first-order chi connectivity index (χ1) is 18.3. The smallest absolute Gasteiger partial charge is 0.313 e. The van der Waals surface area contributed by atoms with Gasteiger partial charge in [-0.3, -0.25) is 14.4 Å². The van der Waals surface area contributed by atoms with Gasteiger partial charge >= 0.3 is 5.97 Å². The number of nitrogens with zero attached hydrogens (tertiary/aromatic N) is 5. The second-order valence-electron chi connectivity index (χ2n) is 10.5. The summed E-state index contributed by atoms with van der Waals surface area (Å²) in [5.74, 6) is -3.14. The van der Waals surface area contributed by atoms with Crippen molar-refractivity contribution in [2.24, 2.45) is 11.8 Å². The number of amides is 2. The molecule has 200 valence electrons. The minimum Gasteiger partial charge on any atom is -0.465 e. The van der Waals surface area contributed by atoms with Crippen LogP contribution >= 0.6 is 0 Å². The van der Waals surface area contributed by atoms with Crippen LogP contribution in [0.15, 0.2) is 48.6 Å². The number of aromatic nitrogens is 3. The van der Waals surface area contributed by atoms with Gasteiger partial charge < -0.3 is 24.4 Å². The third kappa shape index (κ3) is 3.45. The van der Waals surface area contributed by atoms with Crippen LogP contribution in [0.2, 0.25) is 0 Å². The number of carbonyl (C=O) groups excluding carboxylic acids is 3. The Kier molecular flexibility index (Phi) is 5.88. The van der Waals surface area contributed by atoms with E-state index in [0.29, 0.717) is 18.4 Å². The second kappa shape index (κ2) is 9.02. The summed E-state index contributed by atoms with van der Waals surface area (Å²) in [6.07, 6.45) is 8.28. The van der Waals surface area contributed by atoms with Crippen LogP contribution in [0.1, 0.15) is 26.7 Å². The molecule has 2 fully saturated rings. The summed E-state index contributed by atoms with van der Waals surface area (Å²) >= 11 is 0. The molecule has 2 amide bonds. The number of fused-ring (bicyclic) bond motifs is 3. The Morgan fingerprint density at radius 3 is 2.74 bits per heavy atom. The molecule has 0 bridgehead atoms. The van der Waals surface area contributed by atoms with Gasteiger partial charge in [0.05, 0.1) is 36.3 Å². The zero-order valence-corrected chi connectivity index (χ0v) is 21.4. The van der Waals surface area contributed by atoms with Crippen molar-refractivity contribution < 1.29 is 29.0 Å². The maximum Gasteiger partial charge on any atom is 0.313 e. The highest BCUT2D eigenvalue weighted by atomic mass is 16.6. The summed E-state index contributed by atoms with van der Waals surface area (Å²) < 4.78 is 13.9. The van der Waals surface area contributed by atoms with Crippen molar-refractivity contribution in [2.45, 2.75) is 56.6 Å². The molecule has 38 heavy (non-hydrogen) atoms. The normalized spacial score (nSPS) is 33.4. The molecule has 0 saturated carbocycles. The van der Waals surface area contributed by atoms with E-state index in [4.69, 9.17) is 9.47 Å². The van der Waals surface area contributed by atoms with Crippen LogP contribution in [0.25, 0.3) is 11.0 Å². The Hall–Kier alpha value is -3.57. The van der Waals surface area contributed by atoms with Gasteiger partial charge in [0.25, 0.3) is 5.91 Å². The molecule has 11 heteroatoms. The van der Waals surface area contributed by atoms with Gasteiger partial charge in [-0.2, -0.15) is 0 Å². The number of cyclic esters (lactones) is 1. The summed E-state index contributed by atoms with van der Waals surface area (Å²) in [5, 5.41) is 18.6. The maximum absolute atomic E-state index is 14.4. The molecule has 1 unspecified atom stereocenters. The van der Waals surface area contributed by atoms with Gasteiger partial charge in [-0.15, -0.1) is 5.10 Å². The molecule has 6 rings (SSSR count). The lowest BCUT2D eigenvalue weighted by atomic mass is 9.74. The number of hydrogen-bond donors (Lipinski definition) is 1. The summed E-state index contributed by atoms with van der Waals surface area (Å²) in [6, 6.07) is 5.79. The van der Waals surface area contributed by atoms with E-state index in [-0.39, 0.29) is 38.2 Å². The largest absolute Gasteiger partial charge is 0.465 e. The highest BCUT2D eigenvalue weighted by molar-refractivity contribution is 5.99. The number of rotatable bonds is 5. The Morgan fingerprint density at radius 2 is 1.95 bits per heavy atom. The van der Waals surface area contributed by atoms with Crippen LogP contribution in [0.5, 0.6) is 0 Å². The van der Waals surface area contributed by atoms with Crippen LogP contribution in [-0.2, 0) is 30.5 Å². The van der Waals surface area contributed by atoms with E-state index in [1.54, 1.807) is 22.6 Å². The third-order valence-corrected chi connectivity index (χ3v) is 8.34. The number of ether oxygens (including phenoxy) is 2. The van der Waals surface area contributed by atoms with Crippen molar-refractivity contribution in [3.63, 3.8) is 0 Å². The SMILES string of the molecule is CC[C@@H](CO)N1C(=O)[C@@H]2[C@H]3C(=O)OCCC=C[C@@]3(C)O[C@@]23C=CCN(Cn2nnc4ccccc42)C(=O)C13. The van der Waals surface area contributed by atoms with E-state index in [1.807, 2.05) is 49.4 Å². The average molecular weight is 522 g/mol. The summed E-state index contributed by atoms with van der Waals surface area (Å²) in [5.41, 5.74) is -1.05. The molecule has 2 aromatic rings. The fourth-order valence-corrected chi connectivity index (χ4v) is 6.59.